The number of carbonyl (C=O) groups is 1. The topological polar surface area (TPSA) is 47.6 Å². The van der Waals surface area contributed by atoms with Gasteiger partial charge in [-0.15, -0.1) is 0 Å². The van der Waals surface area contributed by atoms with Crippen molar-refractivity contribution in [2.24, 2.45) is 11.8 Å². The summed E-state index contributed by atoms with van der Waals surface area (Å²) in [7, 11) is 1.62. The van der Waals surface area contributed by atoms with E-state index in [0.29, 0.717) is 5.92 Å². The number of anilines is 1. The maximum atomic E-state index is 11.9. The smallest absolute Gasteiger partial charge is 0.413 e. The maximum Gasteiger partial charge on any atom is 0.413 e. The maximum absolute atomic E-state index is 11.9. The molecule has 1 heterocycles. The molecule has 1 amide bonds. The fourth-order valence-electron chi connectivity index (χ4n) is 2.51. The van der Waals surface area contributed by atoms with Gasteiger partial charge in [-0.3, -0.25) is 5.32 Å². The van der Waals surface area contributed by atoms with E-state index in [1.807, 2.05) is 32.0 Å². The van der Waals surface area contributed by atoms with Crippen LogP contribution in [0.3, 0.4) is 0 Å². The number of carbonyl (C=O) groups excluding carboxylic acids is 1. The summed E-state index contributed by atoms with van der Waals surface area (Å²) >= 11 is 0. The molecule has 110 valence electrons. The van der Waals surface area contributed by atoms with Gasteiger partial charge in [-0.25, -0.2) is 4.79 Å². The quantitative estimate of drug-likeness (QED) is 0.846. The van der Waals surface area contributed by atoms with Gasteiger partial charge in [0.05, 0.1) is 12.8 Å². The van der Waals surface area contributed by atoms with Gasteiger partial charge < -0.3 is 9.47 Å². The van der Waals surface area contributed by atoms with Crippen LogP contribution in [0, 0.1) is 23.7 Å². The first kappa shape index (κ1) is 13.8. The highest BCUT2D eigenvalue weighted by molar-refractivity contribution is 5.89. The van der Waals surface area contributed by atoms with E-state index in [0.717, 1.165) is 29.8 Å². The Bertz CT molecular complexity index is 637. The number of hydrogen-bond acceptors (Lipinski definition) is 3. The summed E-state index contributed by atoms with van der Waals surface area (Å²) < 4.78 is 11.0. The molecule has 4 nitrogen and oxygen atoms in total. The monoisotopic (exact) mass is 285 g/mol. The third-order valence-corrected chi connectivity index (χ3v) is 3.97. The molecular formula is C17H19NO3. The average molecular weight is 285 g/mol. The number of fused-ring (bicyclic) bond motifs is 1. The van der Waals surface area contributed by atoms with Crippen molar-refractivity contribution in [1.82, 2.24) is 0 Å². The number of benzene rings is 1. The second kappa shape index (κ2) is 5.00. The standard InChI is InChI=1S/C17H19NO3/c1-11(2)17(9-8-12-4-5-12)14-10-13(20-3)6-7-15(14)18-16(19)21-17/h6-7,10-12H,4-5H2,1-3H3,(H,18,19). The van der Waals surface area contributed by atoms with E-state index in [4.69, 9.17) is 9.47 Å². The van der Waals surface area contributed by atoms with Crippen molar-refractivity contribution in [3.63, 3.8) is 0 Å². The summed E-state index contributed by atoms with van der Waals surface area (Å²) in [4.78, 5) is 11.9. The molecule has 0 aromatic heterocycles. The van der Waals surface area contributed by atoms with Gasteiger partial charge in [-0.2, -0.15) is 0 Å². The van der Waals surface area contributed by atoms with Crippen LogP contribution in [0.2, 0.25) is 0 Å². The lowest BCUT2D eigenvalue weighted by molar-refractivity contribution is 0.0222. The zero-order chi connectivity index (χ0) is 15.0. The highest BCUT2D eigenvalue weighted by atomic mass is 16.6. The van der Waals surface area contributed by atoms with Gasteiger partial charge in [0.15, 0.2) is 0 Å². The highest BCUT2D eigenvalue weighted by Gasteiger charge is 2.44. The molecule has 1 saturated carbocycles. The largest absolute Gasteiger partial charge is 0.497 e. The Morgan fingerprint density at radius 3 is 2.81 bits per heavy atom. The van der Waals surface area contributed by atoms with Crippen LogP contribution in [0.15, 0.2) is 18.2 Å². The van der Waals surface area contributed by atoms with Gasteiger partial charge in [-0.05, 0) is 37.0 Å². The predicted octanol–water partition coefficient (Wildman–Crippen LogP) is 3.52. The number of nitrogens with one attached hydrogen (secondary N) is 1. The van der Waals surface area contributed by atoms with Crippen molar-refractivity contribution in [1.29, 1.82) is 0 Å². The Labute approximate surface area is 124 Å². The number of rotatable bonds is 2. The first-order valence-corrected chi connectivity index (χ1v) is 7.26. The minimum atomic E-state index is -0.908. The van der Waals surface area contributed by atoms with Crippen LogP contribution in [-0.4, -0.2) is 13.2 Å². The van der Waals surface area contributed by atoms with Crippen molar-refractivity contribution in [2.75, 3.05) is 12.4 Å². The second-order valence-electron chi connectivity index (χ2n) is 5.86. The molecule has 1 unspecified atom stereocenters. The van der Waals surface area contributed by atoms with Crippen LogP contribution >= 0.6 is 0 Å². The molecular weight excluding hydrogens is 266 g/mol. The van der Waals surface area contributed by atoms with E-state index in [1.165, 1.54) is 0 Å². The molecule has 21 heavy (non-hydrogen) atoms. The van der Waals surface area contributed by atoms with Gasteiger partial charge in [0.25, 0.3) is 0 Å². The van der Waals surface area contributed by atoms with E-state index >= 15 is 0 Å². The third-order valence-electron chi connectivity index (χ3n) is 3.97. The van der Waals surface area contributed by atoms with E-state index in [9.17, 15) is 4.79 Å². The number of ether oxygens (including phenoxy) is 2. The normalized spacial score (nSPS) is 23.5. The molecule has 1 aliphatic carbocycles. The van der Waals surface area contributed by atoms with Gasteiger partial charge in [0.1, 0.15) is 5.75 Å². The van der Waals surface area contributed by atoms with Crippen LogP contribution in [0.1, 0.15) is 32.3 Å². The lowest BCUT2D eigenvalue weighted by Gasteiger charge is -2.37. The lowest BCUT2D eigenvalue weighted by atomic mass is 9.81. The van der Waals surface area contributed by atoms with Crippen LogP contribution in [-0.2, 0) is 10.3 Å². The molecule has 4 heteroatoms. The zero-order valence-electron chi connectivity index (χ0n) is 12.5. The minimum Gasteiger partial charge on any atom is -0.497 e. The summed E-state index contributed by atoms with van der Waals surface area (Å²) in [5.41, 5.74) is 0.699. The average Bonchev–Trinajstić information content (AvgIpc) is 3.28. The van der Waals surface area contributed by atoms with Crippen molar-refractivity contribution in [2.45, 2.75) is 32.3 Å². The molecule has 0 saturated heterocycles. The molecule has 0 spiro atoms. The van der Waals surface area contributed by atoms with Crippen molar-refractivity contribution in [3.05, 3.63) is 23.8 Å². The van der Waals surface area contributed by atoms with Gasteiger partial charge in [-0.1, -0.05) is 19.8 Å². The highest BCUT2D eigenvalue weighted by Crippen LogP contribution is 2.43. The minimum absolute atomic E-state index is 0.0423. The van der Waals surface area contributed by atoms with Gasteiger partial charge >= 0.3 is 6.09 Å². The molecule has 3 rings (SSSR count). The Hall–Kier alpha value is -2.15. The van der Waals surface area contributed by atoms with E-state index in [-0.39, 0.29) is 5.92 Å². The third kappa shape index (κ3) is 2.44. The first-order chi connectivity index (χ1) is 10.0. The van der Waals surface area contributed by atoms with Crippen molar-refractivity contribution >= 4 is 11.8 Å². The van der Waals surface area contributed by atoms with Crippen LogP contribution < -0.4 is 10.1 Å². The summed E-state index contributed by atoms with van der Waals surface area (Å²) in [6, 6.07) is 5.56. The van der Waals surface area contributed by atoms with Crippen LogP contribution in [0.25, 0.3) is 0 Å². The number of amides is 1. The molecule has 0 bridgehead atoms. The Morgan fingerprint density at radius 1 is 1.43 bits per heavy atom. The van der Waals surface area contributed by atoms with Crippen LogP contribution in [0.4, 0.5) is 10.5 Å². The zero-order valence-corrected chi connectivity index (χ0v) is 12.5. The molecule has 1 aromatic carbocycles. The molecule has 1 aliphatic heterocycles. The lowest BCUT2D eigenvalue weighted by Crippen LogP contribution is -2.42. The molecule has 1 aromatic rings. The second-order valence-corrected chi connectivity index (χ2v) is 5.86. The molecule has 1 N–H and O–H groups in total. The molecule has 2 aliphatic rings. The summed E-state index contributed by atoms with van der Waals surface area (Å²) in [5, 5.41) is 2.74. The number of hydrogen-bond donors (Lipinski definition) is 1. The molecule has 0 radical (unpaired) electrons. The fourth-order valence-corrected chi connectivity index (χ4v) is 2.51. The Balaban J connectivity index is 2.15. The summed E-state index contributed by atoms with van der Waals surface area (Å²) in [6.45, 7) is 4.03. The van der Waals surface area contributed by atoms with Gasteiger partial charge in [0.2, 0.25) is 5.60 Å². The molecule has 1 fully saturated rings. The van der Waals surface area contributed by atoms with Crippen molar-refractivity contribution in [3.8, 4) is 17.6 Å². The van der Waals surface area contributed by atoms with Crippen molar-refractivity contribution < 1.29 is 14.3 Å². The molecule has 1 atom stereocenters. The first-order valence-electron chi connectivity index (χ1n) is 7.26. The predicted molar refractivity (Wildman–Crippen MR) is 80.1 cm³/mol. The van der Waals surface area contributed by atoms with E-state index < -0.39 is 11.7 Å². The Morgan fingerprint density at radius 2 is 2.19 bits per heavy atom. The number of methoxy groups -OCH3 is 1. The van der Waals surface area contributed by atoms with Crippen LogP contribution in [0.5, 0.6) is 5.75 Å². The summed E-state index contributed by atoms with van der Waals surface area (Å²) in [5.74, 6) is 7.72. The van der Waals surface area contributed by atoms with E-state index in [2.05, 4.69) is 17.2 Å². The summed E-state index contributed by atoms with van der Waals surface area (Å²) in [6.07, 6.45) is 1.82. The van der Waals surface area contributed by atoms with Gasteiger partial charge in [0, 0.05) is 17.4 Å². The van der Waals surface area contributed by atoms with E-state index in [1.54, 1.807) is 7.11 Å². The Kier molecular flexibility index (Phi) is 3.29. The SMILES string of the molecule is COc1ccc2c(c1)C(C#CC1CC1)(C(C)C)OC(=O)N2. The number of cyclic esters (lactones) is 1. The fraction of sp³-hybridized carbons (Fsp3) is 0.471.